The van der Waals surface area contributed by atoms with Crippen LogP contribution in [0, 0.1) is 0 Å². The van der Waals surface area contributed by atoms with Gasteiger partial charge in [-0.1, -0.05) is 29.5 Å². The lowest BCUT2D eigenvalue weighted by molar-refractivity contribution is -0.692. The third kappa shape index (κ3) is 1.87. The van der Waals surface area contributed by atoms with Crippen molar-refractivity contribution in [2.24, 2.45) is 7.05 Å². The Bertz CT molecular complexity index is 465. The first-order valence-corrected chi connectivity index (χ1v) is 6.57. The quantitative estimate of drug-likeness (QED) is 0.590. The van der Waals surface area contributed by atoms with Gasteiger partial charge in [-0.3, -0.25) is 0 Å². The molecular formula is C11H11NOS2. The molecule has 0 saturated heterocycles. The van der Waals surface area contributed by atoms with Gasteiger partial charge in [-0.05, 0) is 30.2 Å². The summed E-state index contributed by atoms with van der Waals surface area (Å²) in [6, 6.07) is 9.79. The van der Waals surface area contributed by atoms with Crippen molar-refractivity contribution in [3.8, 4) is 16.3 Å². The van der Waals surface area contributed by atoms with Gasteiger partial charge < -0.3 is 5.11 Å². The molecule has 2 nitrogen and oxygen atoms in total. The number of aromatic nitrogens is 1. The monoisotopic (exact) mass is 237 g/mol. The van der Waals surface area contributed by atoms with Crippen LogP contribution in [0.5, 0.6) is 5.06 Å². The van der Waals surface area contributed by atoms with Crippen molar-refractivity contribution in [1.82, 2.24) is 0 Å². The zero-order valence-corrected chi connectivity index (χ0v) is 10.2. The van der Waals surface area contributed by atoms with Crippen LogP contribution >= 0.6 is 23.1 Å². The number of thiazole rings is 1. The zero-order valence-electron chi connectivity index (χ0n) is 8.56. The molecule has 0 amide bonds. The summed E-state index contributed by atoms with van der Waals surface area (Å²) >= 11 is 2.91. The zero-order chi connectivity index (χ0) is 10.8. The Kier molecular flexibility index (Phi) is 2.98. The minimum absolute atomic E-state index is 0.132. The van der Waals surface area contributed by atoms with Gasteiger partial charge in [-0.2, -0.15) is 4.57 Å². The van der Waals surface area contributed by atoms with Crippen LogP contribution in [0.25, 0.3) is 11.3 Å². The second-order valence-electron chi connectivity index (χ2n) is 3.13. The lowest BCUT2D eigenvalue weighted by Gasteiger charge is -2.01. The largest absolute Gasteiger partial charge is 0.860 e. The maximum Gasteiger partial charge on any atom is 0.296 e. The standard InChI is InChI=1S/C11H11NOS2/c1-12-9(8-6-4-3-5-7-8)10(13)15-11(12)14-2/h3-7H,1-2H3. The second-order valence-corrected chi connectivity index (χ2v) is 5.15. The summed E-state index contributed by atoms with van der Waals surface area (Å²) in [5, 5.41) is 11.9. The highest BCUT2D eigenvalue weighted by molar-refractivity contribution is 8.00. The average molecular weight is 237 g/mol. The fourth-order valence-electron chi connectivity index (χ4n) is 1.51. The van der Waals surface area contributed by atoms with Gasteiger partial charge in [-0.15, -0.1) is 0 Å². The molecule has 0 fully saturated rings. The number of rotatable bonds is 2. The first kappa shape index (κ1) is 10.5. The molecule has 2 rings (SSSR count). The van der Waals surface area contributed by atoms with E-state index in [0.29, 0.717) is 0 Å². The van der Waals surface area contributed by atoms with E-state index in [0.717, 1.165) is 15.6 Å². The maximum atomic E-state index is 11.8. The van der Waals surface area contributed by atoms with E-state index in [9.17, 15) is 5.11 Å². The van der Waals surface area contributed by atoms with E-state index < -0.39 is 0 Å². The molecule has 0 N–H and O–H groups in total. The van der Waals surface area contributed by atoms with Crippen molar-refractivity contribution in [2.75, 3.05) is 6.26 Å². The molecule has 0 aliphatic carbocycles. The maximum absolute atomic E-state index is 11.8. The van der Waals surface area contributed by atoms with Gasteiger partial charge in [0.15, 0.2) is 0 Å². The summed E-state index contributed by atoms with van der Waals surface area (Å²) in [5.74, 6) is 0. The SMILES string of the molecule is CSc1sc([O-])c(-c2ccccc2)[n+]1C. The molecule has 0 atom stereocenters. The Balaban J connectivity index is 2.58. The fourth-order valence-corrected chi connectivity index (χ4v) is 3.17. The molecule has 0 saturated carbocycles. The number of thioether (sulfide) groups is 1. The van der Waals surface area contributed by atoms with E-state index in [1.165, 1.54) is 11.3 Å². The molecule has 0 aliphatic rings. The third-order valence-corrected chi connectivity index (χ3v) is 4.40. The molecule has 15 heavy (non-hydrogen) atoms. The third-order valence-electron chi connectivity index (χ3n) is 2.20. The summed E-state index contributed by atoms with van der Waals surface area (Å²) in [4.78, 5) is 0. The van der Waals surface area contributed by atoms with Crippen molar-refractivity contribution < 1.29 is 9.67 Å². The molecule has 1 aromatic heterocycles. The van der Waals surface area contributed by atoms with Gasteiger partial charge in [0.2, 0.25) is 5.69 Å². The van der Waals surface area contributed by atoms with E-state index in [-0.39, 0.29) is 5.06 Å². The lowest BCUT2D eigenvalue weighted by Crippen LogP contribution is -2.30. The molecular weight excluding hydrogens is 226 g/mol. The summed E-state index contributed by atoms with van der Waals surface area (Å²) in [6.45, 7) is 0. The van der Waals surface area contributed by atoms with Crippen LogP contribution in [0.2, 0.25) is 0 Å². The minimum Gasteiger partial charge on any atom is -0.860 e. The number of hydrogen-bond acceptors (Lipinski definition) is 3. The average Bonchev–Trinajstić information content (AvgIpc) is 2.55. The molecule has 0 radical (unpaired) electrons. The summed E-state index contributed by atoms with van der Waals surface area (Å²) < 4.78 is 3.01. The number of hydrogen-bond donors (Lipinski definition) is 0. The predicted octanol–water partition coefficient (Wildman–Crippen LogP) is 2.04. The highest BCUT2D eigenvalue weighted by atomic mass is 32.2. The van der Waals surface area contributed by atoms with Gasteiger partial charge in [0.05, 0.1) is 0 Å². The molecule has 78 valence electrons. The fraction of sp³-hybridized carbons (Fsp3) is 0.182. The van der Waals surface area contributed by atoms with Crippen molar-refractivity contribution in [1.29, 1.82) is 0 Å². The van der Waals surface area contributed by atoms with Crippen LogP contribution in [-0.4, -0.2) is 6.26 Å². The normalized spacial score (nSPS) is 10.5. The Hall–Kier alpha value is -1.00. The van der Waals surface area contributed by atoms with E-state index in [4.69, 9.17) is 0 Å². The Morgan fingerprint density at radius 2 is 1.93 bits per heavy atom. The van der Waals surface area contributed by atoms with Gasteiger partial charge in [0.25, 0.3) is 4.34 Å². The van der Waals surface area contributed by atoms with Crippen molar-refractivity contribution in [3.05, 3.63) is 30.3 Å². The van der Waals surface area contributed by atoms with E-state index in [1.54, 1.807) is 11.8 Å². The van der Waals surface area contributed by atoms with Gasteiger partial charge in [-0.25, -0.2) is 0 Å². The number of benzene rings is 1. The molecule has 2 aromatic rings. The number of nitrogens with zero attached hydrogens (tertiary/aromatic N) is 1. The molecule has 0 aliphatic heterocycles. The van der Waals surface area contributed by atoms with E-state index in [1.807, 2.05) is 48.2 Å². The first-order valence-electron chi connectivity index (χ1n) is 4.53. The smallest absolute Gasteiger partial charge is 0.296 e. The van der Waals surface area contributed by atoms with Crippen LogP contribution in [-0.2, 0) is 7.05 Å². The molecule has 1 heterocycles. The molecule has 1 aromatic carbocycles. The van der Waals surface area contributed by atoms with Gasteiger partial charge in [0, 0.05) is 10.6 Å². The molecule has 0 unspecified atom stereocenters. The van der Waals surface area contributed by atoms with Crippen molar-refractivity contribution >= 4 is 23.1 Å². The van der Waals surface area contributed by atoms with Gasteiger partial charge in [0.1, 0.15) is 7.05 Å². The highest BCUT2D eigenvalue weighted by Gasteiger charge is 2.18. The van der Waals surface area contributed by atoms with Crippen LogP contribution < -0.4 is 9.67 Å². The predicted molar refractivity (Wildman–Crippen MR) is 62.2 cm³/mol. The summed E-state index contributed by atoms with van der Waals surface area (Å²) in [5.41, 5.74) is 1.77. The molecule has 0 bridgehead atoms. The molecule has 0 spiro atoms. The van der Waals surface area contributed by atoms with E-state index in [2.05, 4.69) is 0 Å². The topological polar surface area (TPSA) is 26.9 Å². The lowest BCUT2D eigenvalue weighted by atomic mass is 10.2. The van der Waals surface area contributed by atoms with Crippen LogP contribution in [0.3, 0.4) is 0 Å². The van der Waals surface area contributed by atoms with Crippen LogP contribution in [0.15, 0.2) is 34.7 Å². The second kappa shape index (κ2) is 4.24. The van der Waals surface area contributed by atoms with Crippen LogP contribution in [0.1, 0.15) is 0 Å². The minimum atomic E-state index is 0.132. The highest BCUT2D eigenvalue weighted by Crippen LogP contribution is 2.33. The summed E-state index contributed by atoms with van der Waals surface area (Å²) in [7, 11) is 1.94. The van der Waals surface area contributed by atoms with Gasteiger partial charge >= 0.3 is 0 Å². The Labute approximate surface area is 97.2 Å². The summed E-state index contributed by atoms with van der Waals surface area (Å²) in [6.07, 6.45) is 1.99. The first-order chi connectivity index (χ1) is 7.24. The Morgan fingerprint density at radius 1 is 1.27 bits per heavy atom. The van der Waals surface area contributed by atoms with Crippen molar-refractivity contribution in [2.45, 2.75) is 4.34 Å². The Morgan fingerprint density at radius 3 is 2.47 bits per heavy atom. The molecule has 4 heteroatoms. The van der Waals surface area contributed by atoms with Crippen molar-refractivity contribution in [3.63, 3.8) is 0 Å². The van der Waals surface area contributed by atoms with Crippen LogP contribution in [0.4, 0.5) is 0 Å². The van der Waals surface area contributed by atoms with E-state index >= 15 is 0 Å².